The van der Waals surface area contributed by atoms with Crippen molar-refractivity contribution in [2.24, 2.45) is 0 Å². The van der Waals surface area contributed by atoms with Crippen molar-refractivity contribution in [2.45, 2.75) is 6.42 Å². The first-order valence-electron chi connectivity index (χ1n) is 10.8. The van der Waals surface area contributed by atoms with E-state index in [4.69, 9.17) is 4.74 Å². The Morgan fingerprint density at radius 2 is 1.89 bits per heavy atom. The molecule has 3 heterocycles. The van der Waals surface area contributed by atoms with E-state index in [9.17, 15) is 19.2 Å². The van der Waals surface area contributed by atoms with Crippen molar-refractivity contribution in [1.29, 1.82) is 0 Å². The molecule has 1 aliphatic heterocycles. The maximum absolute atomic E-state index is 13.1. The number of fused-ring (bicyclic) bond motifs is 2. The average Bonchev–Trinajstić information content (AvgIpc) is 3.40. The zero-order valence-corrected chi connectivity index (χ0v) is 18.6. The molecule has 5 rings (SSSR count). The van der Waals surface area contributed by atoms with E-state index in [0.717, 1.165) is 4.90 Å². The number of nitrogens with zero attached hydrogens (tertiary/aromatic N) is 4. The number of para-hydroxylation sites is 2. The maximum atomic E-state index is 13.1. The molecule has 2 aromatic heterocycles. The van der Waals surface area contributed by atoms with Crippen LogP contribution in [0.15, 0.2) is 59.8 Å². The van der Waals surface area contributed by atoms with Crippen LogP contribution in [-0.4, -0.2) is 62.6 Å². The monoisotopic (exact) mass is 472 g/mol. The summed E-state index contributed by atoms with van der Waals surface area (Å²) in [4.78, 5) is 58.4. The molecule has 0 saturated carbocycles. The number of aromatic amines is 1. The fourth-order valence-electron chi connectivity index (χ4n) is 3.99. The first-order valence-corrected chi connectivity index (χ1v) is 10.8. The van der Waals surface area contributed by atoms with Crippen molar-refractivity contribution in [3.63, 3.8) is 0 Å². The topological polar surface area (TPSA) is 139 Å². The molecule has 0 atom stereocenters. The van der Waals surface area contributed by atoms with Gasteiger partial charge in [-0.25, -0.2) is 9.67 Å². The summed E-state index contributed by atoms with van der Waals surface area (Å²) in [7, 11) is 1.55. The van der Waals surface area contributed by atoms with E-state index in [-0.39, 0.29) is 34.7 Å². The van der Waals surface area contributed by atoms with Crippen LogP contribution in [0, 0.1) is 0 Å². The van der Waals surface area contributed by atoms with E-state index in [1.165, 1.54) is 35.4 Å². The number of benzene rings is 2. The Kier molecular flexibility index (Phi) is 5.67. The Morgan fingerprint density at radius 3 is 2.71 bits per heavy atom. The van der Waals surface area contributed by atoms with Crippen LogP contribution in [0.2, 0.25) is 0 Å². The molecule has 0 fully saturated rings. The predicted molar refractivity (Wildman–Crippen MR) is 126 cm³/mol. The van der Waals surface area contributed by atoms with Gasteiger partial charge in [0.1, 0.15) is 5.39 Å². The lowest BCUT2D eigenvalue weighted by Crippen LogP contribution is -2.31. The van der Waals surface area contributed by atoms with Crippen molar-refractivity contribution in [2.75, 3.05) is 25.6 Å². The number of hydrogen-bond donors (Lipinski definition) is 2. The fourth-order valence-corrected chi connectivity index (χ4v) is 3.99. The minimum absolute atomic E-state index is 0.190. The van der Waals surface area contributed by atoms with E-state index < -0.39 is 11.8 Å². The predicted octanol–water partition coefficient (Wildman–Crippen LogP) is 1.99. The minimum atomic E-state index is -0.472. The molecule has 0 bridgehead atoms. The Hall–Kier alpha value is -4.64. The van der Waals surface area contributed by atoms with Gasteiger partial charge in [0, 0.05) is 25.8 Å². The molecule has 1 aliphatic rings. The molecule has 0 saturated heterocycles. The van der Waals surface area contributed by atoms with Crippen molar-refractivity contribution in [3.8, 4) is 5.69 Å². The molecule has 3 amide bonds. The summed E-state index contributed by atoms with van der Waals surface area (Å²) < 4.78 is 6.45. The molecule has 11 nitrogen and oxygen atoms in total. The Bertz CT molecular complexity index is 1540. The number of imide groups is 1. The summed E-state index contributed by atoms with van der Waals surface area (Å²) in [6.45, 7) is 0.666. The molecule has 2 N–H and O–H groups in total. The number of rotatable bonds is 7. The highest BCUT2D eigenvalue weighted by Crippen LogP contribution is 2.26. The standard InChI is InChI=1S/C24H20N6O5/c1-35-10-4-9-29-23(33)15-8-7-14(11-16(15)24(29)34)21(31)28-18-5-2-3-6-19(18)30-20-17(12-27-30)22(32)26-13-25-20/h2-3,5-8,11-13H,4,9-10H2,1H3,(H,28,31)(H,25,26,32). The van der Waals surface area contributed by atoms with Gasteiger partial charge in [-0.2, -0.15) is 5.10 Å². The molecular formula is C24H20N6O5. The van der Waals surface area contributed by atoms with Gasteiger partial charge in [-0.3, -0.25) is 24.1 Å². The molecule has 176 valence electrons. The smallest absolute Gasteiger partial charge is 0.261 e. The van der Waals surface area contributed by atoms with Crippen LogP contribution >= 0.6 is 0 Å². The van der Waals surface area contributed by atoms with Gasteiger partial charge >= 0.3 is 0 Å². The zero-order chi connectivity index (χ0) is 24.5. The highest BCUT2D eigenvalue weighted by molar-refractivity contribution is 6.22. The molecule has 0 unspecified atom stereocenters. The van der Waals surface area contributed by atoms with Crippen molar-refractivity contribution < 1.29 is 19.1 Å². The minimum Gasteiger partial charge on any atom is -0.385 e. The highest BCUT2D eigenvalue weighted by atomic mass is 16.5. The van der Waals surface area contributed by atoms with Gasteiger partial charge in [0.05, 0.1) is 35.0 Å². The van der Waals surface area contributed by atoms with Crippen molar-refractivity contribution in [3.05, 3.63) is 82.0 Å². The van der Waals surface area contributed by atoms with E-state index in [0.29, 0.717) is 35.4 Å². The summed E-state index contributed by atoms with van der Waals surface area (Å²) in [5.74, 6) is -1.29. The van der Waals surface area contributed by atoms with Crippen LogP contribution in [0.1, 0.15) is 37.5 Å². The molecule has 4 aromatic rings. The van der Waals surface area contributed by atoms with Crippen LogP contribution in [0.25, 0.3) is 16.7 Å². The Morgan fingerprint density at radius 1 is 1.09 bits per heavy atom. The van der Waals surface area contributed by atoms with Crippen molar-refractivity contribution in [1.82, 2.24) is 24.6 Å². The SMILES string of the molecule is COCCCN1C(=O)c2ccc(C(=O)Nc3ccccc3-n3ncc4c(=O)[nH]cnc43)cc2C1=O. The lowest BCUT2D eigenvalue weighted by Gasteiger charge is -2.12. The number of nitrogens with one attached hydrogen (secondary N) is 2. The third-order valence-electron chi connectivity index (χ3n) is 5.71. The van der Waals surface area contributed by atoms with Gasteiger partial charge in [0.25, 0.3) is 23.3 Å². The molecule has 35 heavy (non-hydrogen) atoms. The van der Waals surface area contributed by atoms with Crippen molar-refractivity contribution >= 4 is 34.4 Å². The molecule has 2 aromatic carbocycles. The summed E-state index contributed by atoms with van der Waals surface area (Å²) in [5, 5.41) is 7.39. The third kappa shape index (κ3) is 3.87. The number of H-pyrrole nitrogens is 1. The van der Waals surface area contributed by atoms with Crippen LogP contribution in [0.4, 0.5) is 5.69 Å². The first-order chi connectivity index (χ1) is 17.0. The molecular weight excluding hydrogens is 452 g/mol. The molecule has 0 radical (unpaired) electrons. The number of amides is 3. The Labute approximate surface area is 198 Å². The van der Waals surface area contributed by atoms with Crippen LogP contribution in [-0.2, 0) is 4.74 Å². The van der Waals surface area contributed by atoms with E-state index >= 15 is 0 Å². The number of methoxy groups -OCH3 is 1. The largest absolute Gasteiger partial charge is 0.385 e. The van der Waals surface area contributed by atoms with Gasteiger partial charge in [-0.15, -0.1) is 0 Å². The third-order valence-corrected chi connectivity index (χ3v) is 5.71. The number of carbonyl (C=O) groups excluding carboxylic acids is 3. The van der Waals surface area contributed by atoms with E-state index in [2.05, 4.69) is 20.4 Å². The second-order valence-electron chi connectivity index (χ2n) is 7.87. The lowest BCUT2D eigenvalue weighted by molar-refractivity contribution is 0.0638. The highest BCUT2D eigenvalue weighted by Gasteiger charge is 2.35. The first kappa shape index (κ1) is 22.2. The number of carbonyl (C=O) groups is 3. The maximum Gasteiger partial charge on any atom is 0.261 e. The molecule has 0 aliphatic carbocycles. The molecule has 0 spiro atoms. The number of hydrogen-bond acceptors (Lipinski definition) is 7. The normalized spacial score (nSPS) is 12.9. The number of ether oxygens (including phenoxy) is 1. The quantitative estimate of drug-likeness (QED) is 0.310. The molecule has 11 heteroatoms. The Balaban J connectivity index is 1.43. The summed E-state index contributed by atoms with van der Waals surface area (Å²) >= 11 is 0. The lowest BCUT2D eigenvalue weighted by atomic mass is 10.1. The number of anilines is 1. The summed E-state index contributed by atoms with van der Waals surface area (Å²) in [5.41, 5.74) is 1.62. The summed E-state index contributed by atoms with van der Waals surface area (Å²) in [6.07, 6.45) is 3.21. The second kappa shape index (κ2) is 8.95. The van der Waals surface area contributed by atoms with E-state index in [1.807, 2.05) is 0 Å². The second-order valence-corrected chi connectivity index (χ2v) is 7.87. The average molecular weight is 472 g/mol. The number of aromatic nitrogens is 4. The van der Waals surface area contributed by atoms with Gasteiger partial charge < -0.3 is 15.0 Å². The van der Waals surface area contributed by atoms with Gasteiger partial charge in [-0.1, -0.05) is 12.1 Å². The fraction of sp³-hybridized carbons (Fsp3) is 0.167. The van der Waals surface area contributed by atoms with Crippen LogP contribution < -0.4 is 10.9 Å². The van der Waals surface area contributed by atoms with Gasteiger partial charge in [0.2, 0.25) is 0 Å². The van der Waals surface area contributed by atoms with Gasteiger partial charge in [0.15, 0.2) is 5.65 Å². The van der Waals surface area contributed by atoms with E-state index in [1.54, 1.807) is 31.4 Å². The summed E-state index contributed by atoms with van der Waals surface area (Å²) in [6, 6.07) is 11.3. The van der Waals surface area contributed by atoms with Gasteiger partial charge in [-0.05, 0) is 36.8 Å². The zero-order valence-electron chi connectivity index (χ0n) is 18.6. The van der Waals surface area contributed by atoms with Crippen LogP contribution in [0.5, 0.6) is 0 Å². The van der Waals surface area contributed by atoms with Crippen LogP contribution in [0.3, 0.4) is 0 Å².